The molecule has 0 fully saturated rings. The molecule has 1 aromatic carbocycles. The fourth-order valence-electron chi connectivity index (χ4n) is 1.38. The quantitative estimate of drug-likeness (QED) is 0.202. The van der Waals surface area contributed by atoms with Crippen molar-refractivity contribution in [2.24, 2.45) is 0 Å². The van der Waals surface area contributed by atoms with Gasteiger partial charge >= 0.3 is 10.2 Å². The molecule has 0 saturated carbocycles. The van der Waals surface area contributed by atoms with E-state index in [4.69, 9.17) is 23.2 Å². The van der Waals surface area contributed by atoms with Crippen LogP contribution in [0, 0.1) is 15.3 Å². The highest BCUT2D eigenvalue weighted by molar-refractivity contribution is 8.04. The van der Waals surface area contributed by atoms with Crippen LogP contribution in [0.15, 0.2) is 18.2 Å². The van der Waals surface area contributed by atoms with E-state index < -0.39 is 54.2 Å². The number of carbonyl (C=O) groups is 1. The second-order valence-electron chi connectivity index (χ2n) is 3.69. The highest BCUT2D eigenvalue weighted by Crippen LogP contribution is 2.48. The number of nitrogens with one attached hydrogen (secondary N) is 1. The third kappa shape index (κ3) is 5.27. The normalized spacial score (nSPS) is 12.0. The number of nitro benzene ring substituents is 1. The Kier molecular flexibility index (Phi) is 5.90. The van der Waals surface area contributed by atoms with Crippen molar-refractivity contribution in [2.75, 3.05) is 4.31 Å². The van der Waals surface area contributed by atoms with Gasteiger partial charge in [0.1, 0.15) is 5.69 Å². The predicted molar refractivity (Wildman–Crippen MR) is 75.6 cm³/mol. The molecule has 0 aliphatic rings. The van der Waals surface area contributed by atoms with E-state index in [1.54, 1.807) is 0 Å². The van der Waals surface area contributed by atoms with Crippen LogP contribution in [0.4, 0.5) is 28.9 Å². The smallest absolute Gasteiger partial charge is 0.495 e. The van der Waals surface area contributed by atoms with Gasteiger partial charge in [-0.15, -0.1) is 13.2 Å². The number of nitrogens with zero attached hydrogens (tertiary/aromatic N) is 2. The minimum Gasteiger partial charge on any atom is -0.759 e. The van der Waals surface area contributed by atoms with Crippen LogP contribution in [0.1, 0.15) is 10.4 Å². The number of halogens is 6. The first-order valence-electron chi connectivity index (χ1n) is 5.20. The van der Waals surface area contributed by atoms with Gasteiger partial charge in [-0.3, -0.25) is 14.9 Å². The lowest BCUT2D eigenvalue weighted by Gasteiger charge is -2.27. The van der Waals surface area contributed by atoms with Gasteiger partial charge in [0.15, 0.2) is 0 Å². The van der Waals surface area contributed by atoms with E-state index in [-0.39, 0.29) is 0 Å². The molecule has 0 aliphatic heterocycles. The number of hydroxylamine groups is 1. The maximum Gasteiger partial charge on any atom is 0.495 e. The van der Waals surface area contributed by atoms with Crippen molar-refractivity contribution < 1.29 is 27.3 Å². The molecule has 23 heavy (non-hydrogen) atoms. The Morgan fingerprint density at radius 1 is 1.30 bits per heavy atom. The second kappa shape index (κ2) is 6.95. The number of carbonyl (C=O) groups excluding carboxylic acids is 1. The fraction of sp³-hybridized carbons (Fsp3) is 0.222. The second-order valence-corrected chi connectivity index (χ2v) is 6.48. The van der Waals surface area contributed by atoms with Crippen molar-refractivity contribution in [1.82, 2.24) is 5.48 Å². The first kappa shape index (κ1) is 19.5. The summed E-state index contributed by atoms with van der Waals surface area (Å²) in [7, 11) is 0. The first-order chi connectivity index (χ1) is 10.4. The van der Waals surface area contributed by atoms with Crippen molar-refractivity contribution in [3.05, 3.63) is 39.1 Å². The van der Waals surface area contributed by atoms with Gasteiger partial charge in [0.05, 0.1) is 4.92 Å². The van der Waals surface area contributed by atoms with Crippen LogP contribution < -0.4 is 9.79 Å². The molecule has 0 aromatic heterocycles. The molecule has 0 saturated heterocycles. The minimum atomic E-state index is -5.34. The summed E-state index contributed by atoms with van der Waals surface area (Å²) in [6, 6.07) is 1.67. The molecule has 0 atom stereocenters. The monoisotopic (exact) mass is 396 g/mol. The van der Waals surface area contributed by atoms with Crippen molar-refractivity contribution in [3.8, 4) is 0 Å². The van der Waals surface area contributed by atoms with E-state index in [1.807, 2.05) is 0 Å². The van der Waals surface area contributed by atoms with Crippen LogP contribution in [-0.4, -0.2) is 21.0 Å². The Morgan fingerprint density at radius 2 is 1.87 bits per heavy atom. The SMILES string of the molecule is O=C(N[O-])c1ccc([N+](=O)[O-])c(N(SC(F)(Cl)Cl)C(F)(F)F)c1. The molecule has 0 unspecified atom stereocenters. The number of anilines is 1. The van der Waals surface area contributed by atoms with Gasteiger partial charge in [0, 0.05) is 23.6 Å². The van der Waals surface area contributed by atoms with E-state index in [9.17, 15) is 37.7 Å². The lowest BCUT2D eigenvalue weighted by molar-refractivity contribution is -0.384. The Labute approximate surface area is 139 Å². The zero-order valence-corrected chi connectivity index (χ0v) is 12.8. The van der Waals surface area contributed by atoms with Crippen molar-refractivity contribution >= 4 is 52.4 Å². The molecule has 1 N–H and O–H groups in total. The van der Waals surface area contributed by atoms with Crippen LogP contribution in [0.3, 0.4) is 0 Å². The summed E-state index contributed by atoms with van der Waals surface area (Å²) in [5, 5.41) is 21.1. The third-order valence-corrected chi connectivity index (χ3v) is 3.38. The highest BCUT2D eigenvalue weighted by atomic mass is 35.5. The number of alkyl halides is 6. The van der Waals surface area contributed by atoms with Crippen molar-refractivity contribution in [2.45, 2.75) is 10.2 Å². The van der Waals surface area contributed by atoms with E-state index in [0.717, 1.165) is 11.5 Å². The molecule has 1 rings (SSSR count). The summed E-state index contributed by atoms with van der Waals surface area (Å²) in [5.74, 6) is -1.35. The summed E-state index contributed by atoms with van der Waals surface area (Å²) >= 11 is 8.91. The molecule has 7 nitrogen and oxygen atoms in total. The molecule has 0 bridgehead atoms. The number of hydrogen-bond acceptors (Lipinski definition) is 6. The van der Waals surface area contributed by atoms with Crippen molar-refractivity contribution in [1.29, 1.82) is 0 Å². The lowest BCUT2D eigenvalue weighted by atomic mass is 10.1. The molecular formula is C9H4Cl2F4N3O4S-. The molecule has 1 aromatic rings. The van der Waals surface area contributed by atoms with Crippen LogP contribution >= 0.6 is 35.1 Å². The third-order valence-electron chi connectivity index (χ3n) is 2.17. The largest absolute Gasteiger partial charge is 0.759 e. The Bertz CT molecular complexity index is 626. The Morgan fingerprint density at radius 3 is 2.26 bits per heavy atom. The first-order valence-corrected chi connectivity index (χ1v) is 6.73. The zero-order valence-electron chi connectivity index (χ0n) is 10.4. The van der Waals surface area contributed by atoms with E-state index in [2.05, 4.69) is 0 Å². The summed E-state index contributed by atoms with van der Waals surface area (Å²) in [4.78, 5) is 20.8. The Balaban J connectivity index is 3.54. The Hall–Kier alpha value is -1.50. The molecule has 128 valence electrons. The number of benzene rings is 1. The summed E-state index contributed by atoms with van der Waals surface area (Å²) < 4.78 is 48.0. The molecular weight excluding hydrogens is 393 g/mol. The average molecular weight is 397 g/mol. The van der Waals surface area contributed by atoms with Crippen LogP contribution in [0.2, 0.25) is 0 Å². The van der Waals surface area contributed by atoms with Gasteiger partial charge in [-0.2, -0.15) is 4.39 Å². The topological polar surface area (TPSA) is 98.5 Å². The van der Waals surface area contributed by atoms with Crippen LogP contribution in [0.25, 0.3) is 0 Å². The molecule has 14 heteroatoms. The van der Waals surface area contributed by atoms with Gasteiger partial charge in [-0.1, -0.05) is 23.2 Å². The summed E-state index contributed by atoms with van der Waals surface area (Å²) in [5.41, 5.74) is -2.08. The van der Waals surface area contributed by atoms with Gasteiger partial charge in [-0.25, -0.2) is 4.31 Å². The highest BCUT2D eigenvalue weighted by Gasteiger charge is 2.46. The molecule has 1 amide bonds. The van der Waals surface area contributed by atoms with Crippen molar-refractivity contribution in [3.63, 3.8) is 0 Å². The number of amides is 1. The van der Waals surface area contributed by atoms with E-state index >= 15 is 0 Å². The lowest BCUT2D eigenvalue weighted by Crippen LogP contribution is -2.35. The van der Waals surface area contributed by atoms with Gasteiger partial charge < -0.3 is 10.7 Å². The van der Waals surface area contributed by atoms with Gasteiger partial charge in [-0.05, 0) is 12.1 Å². The fourth-order valence-corrected chi connectivity index (χ4v) is 2.35. The molecule has 0 radical (unpaired) electrons. The van der Waals surface area contributed by atoms with E-state index in [0.29, 0.717) is 12.1 Å². The van der Waals surface area contributed by atoms with E-state index in [1.165, 1.54) is 0 Å². The maximum atomic E-state index is 13.2. The molecule has 0 spiro atoms. The number of nitro groups is 1. The number of hydrogen-bond donors (Lipinski definition) is 1. The molecule has 0 aliphatic carbocycles. The predicted octanol–water partition coefficient (Wildman–Crippen LogP) is 3.86. The zero-order chi connectivity index (χ0) is 18.0. The van der Waals surface area contributed by atoms with Gasteiger partial charge in [0.25, 0.3) is 5.69 Å². The van der Waals surface area contributed by atoms with Gasteiger partial charge in [0.2, 0.25) is 5.91 Å². The minimum absolute atomic E-state index is 0.380. The standard InChI is InChI=1S/C9H4Cl2F4N3O4S/c10-8(11,12)23-17(9(13,14)15)6-3-4(7(19)16-20)1-2-5(6)18(21)22/h1-3H,(H-,16,19,20)/q-1. The number of rotatable bonds is 5. The average Bonchev–Trinajstić information content (AvgIpc) is 2.41. The summed E-state index contributed by atoms with van der Waals surface area (Å²) in [6.45, 7) is 0. The molecule has 0 heterocycles. The van der Waals surface area contributed by atoms with Crippen LogP contribution in [0.5, 0.6) is 0 Å². The maximum absolute atomic E-state index is 13.2. The summed E-state index contributed by atoms with van der Waals surface area (Å²) in [6.07, 6.45) is -5.34. The van der Waals surface area contributed by atoms with Crippen LogP contribution in [-0.2, 0) is 0 Å².